The van der Waals surface area contributed by atoms with Crippen LogP contribution in [0.1, 0.15) is 5.56 Å². The molecule has 2 aromatic carbocycles. The number of hydrogen-bond donors (Lipinski definition) is 1. The van der Waals surface area contributed by atoms with E-state index in [2.05, 4.69) is 0 Å². The molecular formula is C15H17N3O3. The summed E-state index contributed by atoms with van der Waals surface area (Å²) >= 11 is 0. The Labute approximate surface area is 122 Å². The van der Waals surface area contributed by atoms with Gasteiger partial charge < -0.3 is 15.4 Å². The highest BCUT2D eigenvalue weighted by Gasteiger charge is 2.13. The Morgan fingerprint density at radius 3 is 2.62 bits per heavy atom. The van der Waals surface area contributed by atoms with Gasteiger partial charge in [0.25, 0.3) is 5.69 Å². The van der Waals surface area contributed by atoms with Crippen LogP contribution in [0.15, 0.2) is 42.5 Å². The standard InChI is InChI=1S/C15H17N3O3/c1-17(10-11-5-3-4-6-15(11)21-2)14-8-7-12(18(19)20)9-13(14)16/h3-9H,10,16H2,1-2H3. The second-order valence-electron chi connectivity index (χ2n) is 4.67. The minimum absolute atomic E-state index is 0.0121. The average Bonchev–Trinajstić information content (AvgIpc) is 2.47. The summed E-state index contributed by atoms with van der Waals surface area (Å²) in [4.78, 5) is 12.2. The molecule has 0 saturated heterocycles. The van der Waals surface area contributed by atoms with Crippen molar-refractivity contribution >= 4 is 17.1 Å². The van der Waals surface area contributed by atoms with E-state index in [-0.39, 0.29) is 5.69 Å². The summed E-state index contributed by atoms with van der Waals surface area (Å²) in [6.07, 6.45) is 0. The zero-order valence-electron chi connectivity index (χ0n) is 11.9. The van der Waals surface area contributed by atoms with Crippen LogP contribution in [-0.2, 0) is 6.54 Å². The van der Waals surface area contributed by atoms with Gasteiger partial charge in [-0.05, 0) is 12.1 Å². The Bertz CT molecular complexity index is 658. The number of nitrogens with two attached hydrogens (primary N) is 1. The average molecular weight is 287 g/mol. The lowest BCUT2D eigenvalue weighted by atomic mass is 10.1. The van der Waals surface area contributed by atoms with Gasteiger partial charge in [0.1, 0.15) is 5.75 Å². The van der Waals surface area contributed by atoms with Crippen molar-refractivity contribution in [3.05, 3.63) is 58.1 Å². The number of nitro groups is 1. The molecule has 0 aliphatic carbocycles. The van der Waals surface area contributed by atoms with E-state index in [9.17, 15) is 10.1 Å². The maximum absolute atomic E-state index is 10.7. The van der Waals surface area contributed by atoms with Crippen LogP contribution in [0.4, 0.5) is 17.1 Å². The molecular weight excluding hydrogens is 270 g/mol. The molecule has 0 radical (unpaired) electrons. The van der Waals surface area contributed by atoms with Crippen molar-refractivity contribution in [3.63, 3.8) is 0 Å². The molecule has 21 heavy (non-hydrogen) atoms. The minimum Gasteiger partial charge on any atom is -0.496 e. The number of ether oxygens (including phenoxy) is 1. The maximum atomic E-state index is 10.7. The fourth-order valence-electron chi connectivity index (χ4n) is 2.18. The predicted molar refractivity (Wildman–Crippen MR) is 82.6 cm³/mol. The highest BCUT2D eigenvalue weighted by molar-refractivity contribution is 5.70. The molecule has 0 saturated carbocycles. The van der Waals surface area contributed by atoms with Gasteiger partial charge in [-0.1, -0.05) is 18.2 Å². The molecule has 0 fully saturated rings. The Morgan fingerprint density at radius 2 is 2.00 bits per heavy atom. The third kappa shape index (κ3) is 3.22. The number of para-hydroxylation sites is 1. The smallest absolute Gasteiger partial charge is 0.271 e. The van der Waals surface area contributed by atoms with Gasteiger partial charge in [-0.25, -0.2) is 0 Å². The maximum Gasteiger partial charge on any atom is 0.271 e. The van der Waals surface area contributed by atoms with E-state index < -0.39 is 4.92 Å². The Morgan fingerprint density at radius 1 is 1.29 bits per heavy atom. The minimum atomic E-state index is -0.458. The predicted octanol–water partition coefficient (Wildman–Crippen LogP) is 2.82. The van der Waals surface area contributed by atoms with Crippen LogP contribution < -0.4 is 15.4 Å². The molecule has 2 aromatic rings. The molecule has 0 heterocycles. The number of benzene rings is 2. The Hall–Kier alpha value is -2.76. The monoisotopic (exact) mass is 287 g/mol. The van der Waals surface area contributed by atoms with Crippen molar-refractivity contribution in [2.24, 2.45) is 0 Å². The summed E-state index contributed by atoms with van der Waals surface area (Å²) < 4.78 is 5.32. The van der Waals surface area contributed by atoms with Crippen molar-refractivity contribution in [3.8, 4) is 5.75 Å². The first kappa shape index (κ1) is 14.6. The first-order chi connectivity index (χ1) is 10.0. The summed E-state index contributed by atoms with van der Waals surface area (Å²) in [7, 11) is 3.50. The van der Waals surface area contributed by atoms with Crippen LogP contribution in [-0.4, -0.2) is 19.1 Å². The second kappa shape index (κ2) is 6.13. The molecule has 0 aromatic heterocycles. The molecule has 0 bridgehead atoms. The normalized spacial score (nSPS) is 10.2. The first-order valence-electron chi connectivity index (χ1n) is 6.40. The van der Waals surface area contributed by atoms with Crippen LogP contribution in [0.2, 0.25) is 0 Å². The van der Waals surface area contributed by atoms with Gasteiger partial charge in [-0.3, -0.25) is 10.1 Å². The molecule has 2 rings (SSSR count). The number of hydrogen-bond acceptors (Lipinski definition) is 5. The number of non-ortho nitro benzene ring substituents is 1. The van der Waals surface area contributed by atoms with E-state index >= 15 is 0 Å². The lowest BCUT2D eigenvalue weighted by Crippen LogP contribution is -2.18. The summed E-state index contributed by atoms with van der Waals surface area (Å²) in [5.74, 6) is 0.796. The highest BCUT2D eigenvalue weighted by Crippen LogP contribution is 2.29. The number of nitrogens with zero attached hydrogens (tertiary/aromatic N) is 2. The molecule has 0 aliphatic heterocycles. The van der Waals surface area contributed by atoms with Crippen molar-refractivity contribution in [1.29, 1.82) is 0 Å². The van der Waals surface area contributed by atoms with E-state index in [1.165, 1.54) is 12.1 Å². The number of nitro benzene ring substituents is 1. The second-order valence-corrected chi connectivity index (χ2v) is 4.67. The molecule has 0 amide bonds. The molecule has 110 valence electrons. The van der Waals surface area contributed by atoms with Crippen LogP contribution in [0, 0.1) is 10.1 Å². The van der Waals surface area contributed by atoms with Crippen molar-refractivity contribution in [1.82, 2.24) is 0 Å². The molecule has 2 N–H and O–H groups in total. The third-order valence-electron chi connectivity index (χ3n) is 3.23. The SMILES string of the molecule is COc1ccccc1CN(C)c1ccc([N+](=O)[O-])cc1N. The Balaban J connectivity index is 2.24. The number of anilines is 2. The number of nitrogen functional groups attached to an aromatic ring is 1. The van der Waals surface area contributed by atoms with Gasteiger partial charge in [-0.2, -0.15) is 0 Å². The van der Waals surface area contributed by atoms with E-state index in [0.29, 0.717) is 12.2 Å². The van der Waals surface area contributed by atoms with Crippen LogP contribution >= 0.6 is 0 Å². The third-order valence-corrected chi connectivity index (χ3v) is 3.23. The van der Waals surface area contributed by atoms with Gasteiger partial charge in [0.05, 0.1) is 23.4 Å². The zero-order chi connectivity index (χ0) is 15.4. The quantitative estimate of drug-likeness (QED) is 0.519. The molecule has 0 aliphatic rings. The van der Waals surface area contributed by atoms with Crippen molar-refractivity contribution < 1.29 is 9.66 Å². The van der Waals surface area contributed by atoms with E-state index in [0.717, 1.165) is 17.0 Å². The summed E-state index contributed by atoms with van der Waals surface area (Å²) in [6, 6.07) is 12.2. The summed E-state index contributed by atoms with van der Waals surface area (Å²) in [5.41, 5.74) is 8.03. The largest absolute Gasteiger partial charge is 0.496 e. The number of methoxy groups -OCH3 is 1. The fraction of sp³-hybridized carbons (Fsp3) is 0.200. The van der Waals surface area contributed by atoms with E-state index in [1.54, 1.807) is 13.2 Å². The lowest BCUT2D eigenvalue weighted by molar-refractivity contribution is -0.384. The Kier molecular flexibility index (Phi) is 4.27. The van der Waals surface area contributed by atoms with Crippen LogP contribution in [0.25, 0.3) is 0 Å². The fourth-order valence-corrected chi connectivity index (χ4v) is 2.18. The number of rotatable bonds is 5. The topological polar surface area (TPSA) is 81.6 Å². The molecule has 0 atom stereocenters. The van der Waals surface area contributed by atoms with Gasteiger partial charge >= 0.3 is 0 Å². The molecule has 6 heteroatoms. The summed E-state index contributed by atoms with van der Waals surface area (Å²) in [5, 5.41) is 10.7. The van der Waals surface area contributed by atoms with Crippen LogP contribution in [0.5, 0.6) is 5.75 Å². The lowest BCUT2D eigenvalue weighted by Gasteiger charge is -2.22. The molecule has 0 unspecified atom stereocenters. The molecule has 6 nitrogen and oxygen atoms in total. The zero-order valence-corrected chi connectivity index (χ0v) is 11.9. The summed E-state index contributed by atoms with van der Waals surface area (Å²) in [6.45, 7) is 0.589. The molecule has 0 spiro atoms. The van der Waals surface area contributed by atoms with E-state index in [1.807, 2.05) is 36.2 Å². The highest BCUT2D eigenvalue weighted by atomic mass is 16.6. The van der Waals surface area contributed by atoms with Crippen molar-refractivity contribution in [2.75, 3.05) is 24.8 Å². The van der Waals surface area contributed by atoms with Gasteiger partial charge in [0, 0.05) is 31.3 Å². The van der Waals surface area contributed by atoms with Gasteiger partial charge in [0.2, 0.25) is 0 Å². The van der Waals surface area contributed by atoms with Gasteiger partial charge in [-0.15, -0.1) is 0 Å². The van der Waals surface area contributed by atoms with E-state index in [4.69, 9.17) is 10.5 Å². The van der Waals surface area contributed by atoms with Crippen LogP contribution in [0.3, 0.4) is 0 Å². The first-order valence-corrected chi connectivity index (χ1v) is 6.40. The van der Waals surface area contributed by atoms with Gasteiger partial charge in [0.15, 0.2) is 0 Å². The van der Waals surface area contributed by atoms with Crippen molar-refractivity contribution in [2.45, 2.75) is 6.54 Å².